The zero-order valence-corrected chi connectivity index (χ0v) is 14.4. The Balaban J connectivity index is 1.94. The Hall–Kier alpha value is -2.51. The lowest BCUT2D eigenvalue weighted by atomic mass is 10.1. The topological polar surface area (TPSA) is 64.3 Å². The first-order chi connectivity index (χ1) is 11.5. The molecular formula is C17H13N3O2S2. The number of hydrogen-bond donors (Lipinski definition) is 0. The van der Waals surface area contributed by atoms with Crippen LogP contribution in [0.25, 0.3) is 26.7 Å². The van der Waals surface area contributed by atoms with E-state index < -0.39 is 9.84 Å². The minimum absolute atomic E-state index is 0.314. The quantitative estimate of drug-likeness (QED) is 0.564. The van der Waals surface area contributed by atoms with E-state index in [1.807, 2.05) is 34.9 Å². The Bertz CT molecular complexity index is 1110. The van der Waals surface area contributed by atoms with Crippen molar-refractivity contribution >= 4 is 26.1 Å². The Kier molecular flexibility index (Phi) is 3.47. The van der Waals surface area contributed by atoms with Crippen molar-refractivity contribution in [1.82, 2.24) is 14.4 Å². The van der Waals surface area contributed by atoms with E-state index in [4.69, 9.17) is 0 Å². The summed E-state index contributed by atoms with van der Waals surface area (Å²) in [5.74, 6) is 0. The van der Waals surface area contributed by atoms with Crippen LogP contribution in [0.5, 0.6) is 0 Å². The summed E-state index contributed by atoms with van der Waals surface area (Å²) in [6, 6.07) is 10.9. The summed E-state index contributed by atoms with van der Waals surface area (Å²) in [6.07, 6.45) is 8.40. The van der Waals surface area contributed by atoms with Gasteiger partial charge in [-0.05, 0) is 29.8 Å². The third-order valence-electron chi connectivity index (χ3n) is 3.75. The molecule has 7 heteroatoms. The maximum atomic E-state index is 11.7. The summed E-state index contributed by atoms with van der Waals surface area (Å²) in [5, 5.41) is 0. The lowest BCUT2D eigenvalue weighted by Gasteiger charge is -2.06. The number of imidazole rings is 1. The molecule has 1 aromatic carbocycles. The first-order valence-electron chi connectivity index (χ1n) is 7.21. The molecule has 4 rings (SSSR count). The van der Waals surface area contributed by atoms with Crippen LogP contribution in [0.15, 0.2) is 66.1 Å². The van der Waals surface area contributed by atoms with Crippen molar-refractivity contribution in [1.29, 1.82) is 0 Å². The molecule has 0 N–H and O–H groups in total. The van der Waals surface area contributed by atoms with E-state index in [0.29, 0.717) is 4.90 Å². The first kappa shape index (κ1) is 15.0. The molecule has 3 heterocycles. The number of hydrogen-bond acceptors (Lipinski definition) is 5. The van der Waals surface area contributed by atoms with Crippen molar-refractivity contribution in [3.05, 3.63) is 61.2 Å². The molecule has 0 saturated carbocycles. The van der Waals surface area contributed by atoms with Gasteiger partial charge in [-0.15, -0.1) is 0 Å². The van der Waals surface area contributed by atoms with Crippen molar-refractivity contribution in [3.8, 4) is 21.7 Å². The predicted molar refractivity (Wildman–Crippen MR) is 94.8 cm³/mol. The third-order valence-corrected chi connectivity index (χ3v) is 6.00. The number of thiazole rings is 1. The predicted octanol–water partition coefficient (Wildman–Crippen LogP) is 3.53. The van der Waals surface area contributed by atoms with Gasteiger partial charge in [-0.1, -0.05) is 23.5 Å². The highest BCUT2D eigenvalue weighted by molar-refractivity contribution is 7.90. The summed E-state index contributed by atoms with van der Waals surface area (Å²) in [7, 11) is -3.21. The normalized spacial score (nSPS) is 11.9. The summed E-state index contributed by atoms with van der Waals surface area (Å²) in [4.78, 5) is 10.7. The van der Waals surface area contributed by atoms with Crippen LogP contribution >= 0.6 is 11.3 Å². The number of nitrogens with zero attached hydrogens (tertiary/aromatic N) is 3. The molecule has 120 valence electrons. The van der Waals surface area contributed by atoms with Gasteiger partial charge in [0.15, 0.2) is 14.8 Å². The minimum Gasteiger partial charge on any atom is -0.290 e. The number of rotatable bonds is 3. The number of pyridine rings is 1. The Morgan fingerprint density at radius 3 is 2.33 bits per heavy atom. The van der Waals surface area contributed by atoms with Gasteiger partial charge in [-0.3, -0.25) is 9.38 Å². The molecule has 0 saturated heterocycles. The van der Waals surface area contributed by atoms with Crippen LogP contribution in [0.4, 0.5) is 0 Å². The van der Waals surface area contributed by atoms with Crippen LogP contribution in [0, 0.1) is 0 Å². The molecule has 3 aromatic heterocycles. The minimum atomic E-state index is -3.21. The smallest absolute Gasteiger partial charge is 0.194 e. The van der Waals surface area contributed by atoms with Gasteiger partial charge in [-0.2, -0.15) is 0 Å². The number of aromatic nitrogens is 3. The van der Waals surface area contributed by atoms with Crippen molar-refractivity contribution < 1.29 is 8.42 Å². The molecule has 5 nitrogen and oxygen atoms in total. The van der Waals surface area contributed by atoms with Gasteiger partial charge in [0.05, 0.1) is 15.5 Å². The monoisotopic (exact) mass is 355 g/mol. The van der Waals surface area contributed by atoms with Gasteiger partial charge >= 0.3 is 0 Å². The lowest BCUT2D eigenvalue weighted by Crippen LogP contribution is -1.96. The second-order valence-electron chi connectivity index (χ2n) is 5.39. The van der Waals surface area contributed by atoms with Crippen molar-refractivity contribution in [2.24, 2.45) is 0 Å². The van der Waals surface area contributed by atoms with E-state index >= 15 is 0 Å². The van der Waals surface area contributed by atoms with Gasteiger partial charge in [0.2, 0.25) is 0 Å². The highest BCUT2D eigenvalue weighted by atomic mass is 32.2. The van der Waals surface area contributed by atoms with Crippen LogP contribution < -0.4 is 0 Å². The highest BCUT2D eigenvalue weighted by Gasteiger charge is 2.17. The van der Waals surface area contributed by atoms with E-state index in [1.54, 1.807) is 42.1 Å². The fraction of sp³-hybridized carbons (Fsp3) is 0.0588. The van der Waals surface area contributed by atoms with Crippen LogP contribution in [0.1, 0.15) is 0 Å². The summed E-state index contributed by atoms with van der Waals surface area (Å²) >= 11 is 1.59. The van der Waals surface area contributed by atoms with Crippen LogP contribution in [0.2, 0.25) is 0 Å². The van der Waals surface area contributed by atoms with E-state index in [9.17, 15) is 8.42 Å². The van der Waals surface area contributed by atoms with Gasteiger partial charge in [0.25, 0.3) is 0 Å². The average Bonchev–Trinajstić information content (AvgIpc) is 3.15. The lowest BCUT2D eigenvalue weighted by molar-refractivity contribution is 0.602. The fourth-order valence-electron chi connectivity index (χ4n) is 2.61. The Labute approximate surface area is 143 Å². The molecule has 0 spiro atoms. The Morgan fingerprint density at radius 1 is 0.958 bits per heavy atom. The van der Waals surface area contributed by atoms with Crippen LogP contribution in [0.3, 0.4) is 0 Å². The second kappa shape index (κ2) is 5.54. The van der Waals surface area contributed by atoms with E-state index in [0.717, 1.165) is 26.7 Å². The molecule has 0 unspecified atom stereocenters. The van der Waals surface area contributed by atoms with Gasteiger partial charge in [0, 0.05) is 36.6 Å². The van der Waals surface area contributed by atoms with Crippen molar-refractivity contribution in [3.63, 3.8) is 0 Å². The van der Waals surface area contributed by atoms with Gasteiger partial charge in [-0.25, -0.2) is 13.4 Å². The molecule has 0 amide bonds. The molecule has 0 bridgehead atoms. The van der Waals surface area contributed by atoms with Crippen LogP contribution in [-0.4, -0.2) is 29.0 Å². The summed E-state index contributed by atoms with van der Waals surface area (Å²) < 4.78 is 25.4. The third kappa shape index (κ3) is 2.51. The first-order valence-corrected chi connectivity index (χ1v) is 9.91. The molecule has 0 atom stereocenters. The largest absolute Gasteiger partial charge is 0.290 e. The second-order valence-corrected chi connectivity index (χ2v) is 8.39. The molecule has 0 aliphatic carbocycles. The summed E-state index contributed by atoms with van der Waals surface area (Å²) in [6.45, 7) is 0. The van der Waals surface area contributed by atoms with E-state index in [2.05, 4.69) is 9.97 Å². The average molecular weight is 355 g/mol. The summed E-state index contributed by atoms with van der Waals surface area (Å²) in [5.41, 5.74) is 3.00. The van der Waals surface area contributed by atoms with Crippen molar-refractivity contribution in [2.75, 3.05) is 6.26 Å². The Morgan fingerprint density at radius 2 is 1.67 bits per heavy atom. The SMILES string of the molecule is CS(=O)(=O)c1ccc(-c2c(-c3ccncc3)sc3nccn23)cc1. The maximum absolute atomic E-state index is 11.7. The number of benzene rings is 1. The molecule has 0 aliphatic heterocycles. The molecule has 0 fully saturated rings. The highest BCUT2D eigenvalue weighted by Crippen LogP contribution is 2.39. The maximum Gasteiger partial charge on any atom is 0.194 e. The van der Waals surface area contributed by atoms with Gasteiger partial charge < -0.3 is 0 Å². The van der Waals surface area contributed by atoms with Gasteiger partial charge in [0.1, 0.15) is 0 Å². The fourth-order valence-corrected chi connectivity index (χ4v) is 4.36. The van der Waals surface area contributed by atoms with E-state index in [1.165, 1.54) is 6.26 Å². The molecular weight excluding hydrogens is 342 g/mol. The van der Waals surface area contributed by atoms with Crippen molar-refractivity contribution in [2.45, 2.75) is 4.90 Å². The molecule has 4 aromatic rings. The number of fused-ring (bicyclic) bond motifs is 1. The molecule has 0 radical (unpaired) electrons. The van der Waals surface area contributed by atoms with E-state index in [-0.39, 0.29) is 0 Å². The molecule has 24 heavy (non-hydrogen) atoms. The number of sulfone groups is 1. The van der Waals surface area contributed by atoms with Crippen LogP contribution in [-0.2, 0) is 9.84 Å². The zero-order valence-electron chi connectivity index (χ0n) is 12.7. The zero-order chi connectivity index (χ0) is 16.7. The molecule has 0 aliphatic rings. The standard InChI is InChI=1S/C17H13N3O2S2/c1-24(21,22)14-4-2-12(3-5-14)15-16(13-6-8-18-9-7-13)23-17-19-10-11-20(15)17/h2-11H,1H3.